The summed E-state index contributed by atoms with van der Waals surface area (Å²) in [4.78, 5) is 23.4. The van der Waals surface area contributed by atoms with Crippen molar-refractivity contribution in [2.45, 2.75) is 19.9 Å². The number of amides is 2. The van der Waals surface area contributed by atoms with Gasteiger partial charge in [-0.15, -0.1) is 0 Å². The lowest BCUT2D eigenvalue weighted by atomic mass is 10.3. The Morgan fingerprint density at radius 1 is 1.42 bits per heavy atom. The molecule has 0 saturated heterocycles. The third kappa shape index (κ3) is 2.78. The van der Waals surface area contributed by atoms with E-state index in [4.69, 9.17) is 4.42 Å². The van der Waals surface area contributed by atoms with Gasteiger partial charge in [-0.3, -0.25) is 9.59 Å². The predicted octanol–water partition coefficient (Wildman–Crippen LogP) is 1.03. The van der Waals surface area contributed by atoms with Crippen LogP contribution in [0.1, 0.15) is 24.3 Å². The van der Waals surface area contributed by atoms with E-state index in [1.54, 1.807) is 30.0 Å². The van der Waals surface area contributed by atoms with Crippen molar-refractivity contribution in [1.29, 1.82) is 0 Å². The van der Waals surface area contributed by atoms with E-state index >= 15 is 0 Å². The van der Waals surface area contributed by atoms with Crippen LogP contribution in [0, 0.1) is 0 Å². The van der Waals surface area contributed by atoms with E-state index in [0.717, 1.165) is 5.52 Å². The number of hydrogen-bond donors (Lipinski definition) is 2. The van der Waals surface area contributed by atoms with Crippen molar-refractivity contribution in [3.8, 4) is 0 Å². The fraction of sp³-hybridized carbons (Fsp3) is 0.385. The van der Waals surface area contributed by atoms with E-state index in [1.807, 2.05) is 13.8 Å². The maximum Gasteiger partial charge on any atom is 0.268 e. The number of carbonyl (C=O) groups excluding carboxylic acids is 2. The van der Waals surface area contributed by atoms with Crippen molar-refractivity contribution in [1.82, 2.24) is 15.2 Å². The summed E-state index contributed by atoms with van der Waals surface area (Å²) in [6, 6.07) is 3.50. The van der Waals surface area contributed by atoms with Crippen LogP contribution in [0.15, 0.2) is 22.8 Å². The van der Waals surface area contributed by atoms with Crippen LogP contribution in [0.2, 0.25) is 0 Å². The first kappa shape index (κ1) is 13.2. The Kier molecular flexibility index (Phi) is 3.59. The van der Waals surface area contributed by atoms with E-state index in [9.17, 15) is 9.59 Å². The summed E-state index contributed by atoms with van der Waals surface area (Å²) in [5.74, 6) is -0.506. The number of fused-ring (bicyclic) bond motifs is 1. The molecule has 0 unspecified atom stereocenters. The van der Waals surface area contributed by atoms with Crippen molar-refractivity contribution in [2.24, 2.45) is 7.05 Å². The third-order valence-electron chi connectivity index (χ3n) is 2.76. The molecule has 6 nitrogen and oxygen atoms in total. The summed E-state index contributed by atoms with van der Waals surface area (Å²) < 4.78 is 6.96. The van der Waals surface area contributed by atoms with Crippen LogP contribution in [-0.2, 0) is 11.8 Å². The molecule has 2 amide bonds. The quantitative estimate of drug-likeness (QED) is 0.864. The minimum Gasteiger partial charge on any atom is -0.463 e. The van der Waals surface area contributed by atoms with Crippen molar-refractivity contribution < 1.29 is 14.0 Å². The highest BCUT2D eigenvalue weighted by atomic mass is 16.3. The highest BCUT2D eigenvalue weighted by Gasteiger charge is 2.15. The van der Waals surface area contributed by atoms with Gasteiger partial charge in [-0.1, -0.05) is 0 Å². The maximum absolute atomic E-state index is 12.0. The molecule has 0 aromatic carbocycles. The molecule has 2 N–H and O–H groups in total. The first-order valence-electron chi connectivity index (χ1n) is 6.09. The summed E-state index contributed by atoms with van der Waals surface area (Å²) in [6.45, 7) is 3.69. The average molecular weight is 263 g/mol. The molecule has 0 fully saturated rings. The molecule has 0 aliphatic heterocycles. The summed E-state index contributed by atoms with van der Waals surface area (Å²) in [5.41, 5.74) is 1.96. The van der Waals surface area contributed by atoms with Crippen molar-refractivity contribution >= 4 is 22.9 Å². The molecule has 0 aliphatic rings. The van der Waals surface area contributed by atoms with Gasteiger partial charge in [0.05, 0.1) is 18.3 Å². The van der Waals surface area contributed by atoms with Gasteiger partial charge in [0.15, 0.2) is 5.58 Å². The SMILES string of the molecule is CC(C)NC(=O)CNC(=O)c1cc2occc2n1C. The Labute approximate surface area is 110 Å². The second-order valence-corrected chi connectivity index (χ2v) is 4.66. The van der Waals surface area contributed by atoms with Gasteiger partial charge in [-0.2, -0.15) is 0 Å². The molecule has 2 rings (SSSR count). The van der Waals surface area contributed by atoms with Gasteiger partial charge in [-0.05, 0) is 13.8 Å². The van der Waals surface area contributed by atoms with Crippen LogP contribution >= 0.6 is 0 Å². The minimum atomic E-state index is -0.298. The Balaban J connectivity index is 2.02. The van der Waals surface area contributed by atoms with Crippen LogP contribution in [0.4, 0.5) is 0 Å². The molecule has 19 heavy (non-hydrogen) atoms. The van der Waals surface area contributed by atoms with Gasteiger partial charge in [-0.25, -0.2) is 0 Å². The van der Waals surface area contributed by atoms with Crippen LogP contribution < -0.4 is 10.6 Å². The highest BCUT2D eigenvalue weighted by Crippen LogP contribution is 2.19. The van der Waals surface area contributed by atoms with Crippen LogP contribution in [0.3, 0.4) is 0 Å². The highest BCUT2D eigenvalue weighted by molar-refractivity contribution is 5.99. The summed E-state index contributed by atoms with van der Waals surface area (Å²) >= 11 is 0. The fourth-order valence-electron chi connectivity index (χ4n) is 1.89. The summed E-state index contributed by atoms with van der Waals surface area (Å²) in [6.07, 6.45) is 1.57. The Morgan fingerprint density at radius 2 is 2.16 bits per heavy atom. The number of aromatic nitrogens is 1. The zero-order chi connectivity index (χ0) is 14.0. The number of aryl methyl sites for hydroxylation is 1. The third-order valence-corrected chi connectivity index (χ3v) is 2.76. The lowest BCUT2D eigenvalue weighted by molar-refractivity contribution is -0.120. The maximum atomic E-state index is 12.0. The molecule has 0 bridgehead atoms. The Hall–Kier alpha value is -2.24. The standard InChI is InChI=1S/C13H17N3O3/c1-8(2)15-12(17)7-14-13(18)10-6-11-9(16(10)3)4-5-19-11/h4-6,8H,7H2,1-3H3,(H,14,18)(H,15,17). The number of furan rings is 1. The van der Waals surface area contributed by atoms with Crippen LogP contribution in [0.5, 0.6) is 0 Å². The Morgan fingerprint density at radius 3 is 2.79 bits per heavy atom. The summed E-state index contributed by atoms with van der Waals surface area (Å²) in [5, 5.41) is 5.29. The summed E-state index contributed by atoms with van der Waals surface area (Å²) in [7, 11) is 1.78. The van der Waals surface area contributed by atoms with Gasteiger partial charge in [0, 0.05) is 25.2 Å². The number of hydrogen-bond acceptors (Lipinski definition) is 3. The molecule has 0 aliphatic carbocycles. The zero-order valence-corrected chi connectivity index (χ0v) is 11.2. The van der Waals surface area contributed by atoms with E-state index in [0.29, 0.717) is 11.3 Å². The zero-order valence-electron chi connectivity index (χ0n) is 11.2. The van der Waals surface area contributed by atoms with E-state index in [-0.39, 0.29) is 24.4 Å². The molecule has 0 saturated carbocycles. The van der Waals surface area contributed by atoms with Gasteiger partial charge in [0.2, 0.25) is 5.91 Å². The van der Waals surface area contributed by atoms with Gasteiger partial charge in [0.1, 0.15) is 5.69 Å². The molecule has 0 spiro atoms. The molecular formula is C13H17N3O3. The first-order valence-corrected chi connectivity index (χ1v) is 6.09. The van der Waals surface area contributed by atoms with E-state index in [2.05, 4.69) is 10.6 Å². The number of nitrogens with one attached hydrogen (secondary N) is 2. The average Bonchev–Trinajstić information content (AvgIpc) is 2.89. The van der Waals surface area contributed by atoms with Crippen molar-refractivity contribution in [2.75, 3.05) is 6.54 Å². The van der Waals surface area contributed by atoms with Crippen LogP contribution in [-0.4, -0.2) is 29.0 Å². The van der Waals surface area contributed by atoms with Crippen LogP contribution in [0.25, 0.3) is 11.1 Å². The Bertz CT molecular complexity index is 610. The molecule has 2 heterocycles. The number of nitrogens with zero attached hydrogens (tertiary/aromatic N) is 1. The minimum absolute atomic E-state index is 0.0381. The van der Waals surface area contributed by atoms with E-state index < -0.39 is 0 Å². The second kappa shape index (κ2) is 5.17. The molecule has 102 valence electrons. The largest absolute Gasteiger partial charge is 0.463 e. The van der Waals surface area contributed by atoms with Gasteiger partial charge < -0.3 is 19.6 Å². The fourth-order valence-corrected chi connectivity index (χ4v) is 1.89. The topological polar surface area (TPSA) is 76.3 Å². The predicted molar refractivity (Wildman–Crippen MR) is 70.8 cm³/mol. The number of carbonyl (C=O) groups is 2. The molecule has 2 aromatic rings. The van der Waals surface area contributed by atoms with Gasteiger partial charge >= 0.3 is 0 Å². The van der Waals surface area contributed by atoms with Crippen molar-refractivity contribution in [3.63, 3.8) is 0 Å². The molecule has 0 atom stereocenters. The normalized spacial score (nSPS) is 10.9. The molecule has 6 heteroatoms. The second-order valence-electron chi connectivity index (χ2n) is 4.66. The number of rotatable bonds is 4. The monoisotopic (exact) mass is 263 g/mol. The lowest BCUT2D eigenvalue weighted by Crippen LogP contribution is -2.40. The lowest BCUT2D eigenvalue weighted by Gasteiger charge is -2.09. The molecular weight excluding hydrogens is 246 g/mol. The van der Waals surface area contributed by atoms with E-state index in [1.165, 1.54) is 0 Å². The van der Waals surface area contributed by atoms with Gasteiger partial charge in [0.25, 0.3) is 5.91 Å². The van der Waals surface area contributed by atoms with Crippen molar-refractivity contribution in [3.05, 3.63) is 24.1 Å². The smallest absolute Gasteiger partial charge is 0.268 e. The first-order chi connectivity index (χ1) is 8.99. The molecule has 0 radical (unpaired) electrons. The molecule has 2 aromatic heterocycles.